The lowest BCUT2D eigenvalue weighted by Gasteiger charge is -2.11. The Bertz CT molecular complexity index is 1020. The zero-order valence-electron chi connectivity index (χ0n) is 16.0. The molecule has 0 saturated carbocycles. The first kappa shape index (κ1) is 22.0. The van der Waals surface area contributed by atoms with E-state index in [1.165, 1.54) is 30.3 Å². The van der Waals surface area contributed by atoms with E-state index in [0.29, 0.717) is 5.56 Å². The van der Waals surface area contributed by atoms with Crippen LogP contribution in [0.3, 0.4) is 0 Å². The molecule has 7 nitrogen and oxygen atoms in total. The first-order valence-electron chi connectivity index (χ1n) is 8.63. The lowest BCUT2D eigenvalue weighted by Crippen LogP contribution is -2.11. The van der Waals surface area contributed by atoms with Gasteiger partial charge >= 0.3 is 17.9 Å². The highest BCUT2D eigenvalue weighted by molar-refractivity contribution is 6.11. The molecule has 0 N–H and O–H groups in total. The fourth-order valence-corrected chi connectivity index (χ4v) is 2.27. The van der Waals surface area contributed by atoms with Gasteiger partial charge in [-0.25, -0.2) is 14.4 Å². The van der Waals surface area contributed by atoms with E-state index in [-0.39, 0.29) is 29.2 Å². The Morgan fingerprint density at radius 3 is 1.97 bits per heavy atom. The second kappa shape index (κ2) is 10.3. The molecule has 2 rings (SSSR count). The van der Waals surface area contributed by atoms with E-state index in [9.17, 15) is 19.2 Å². The Morgan fingerprint density at radius 2 is 1.37 bits per heavy atom. The number of esters is 3. The predicted octanol–water partition coefficient (Wildman–Crippen LogP) is 3.33. The molecule has 0 aliphatic heterocycles. The van der Waals surface area contributed by atoms with Crippen LogP contribution in [0.2, 0.25) is 0 Å². The second-order valence-corrected chi connectivity index (χ2v) is 5.75. The molecule has 152 valence electrons. The second-order valence-electron chi connectivity index (χ2n) is 5.75. The van der Waals surface area contributed by atoms with Gasteiger partial charge in [-0.1, -0.05) is 44.0 Å². The quantitative estimate of drug-likeness (QED) is 0.273. The Labute approximate surface area is 172 Å². The smallest absolute Gasteiger partial charge is 0.335 e. The van der Waals surface area contributed by atoms with Gasteiger partial charge in [0.25, 0.3) is 0 Å². The molecule has 0 unspecified atom stereocenters. The summed E-state index contributed by atoms with van der Waals surface area (Å²) in [5.74, 6) is -2.44. The van der Waals surface area contributed by atoms with Crippen molar-refractivity contribution >= 4 is 23.7 Å². The van der Waals surface area contributed by atoms with E-state index in [2.05, 4.69) is 19.7 Å². The van der Waals surface area contributed by atoms with Crippen molar-refractivity contribution in [3.05, 3.63) is 97.1 Å². The van der Waals surface area contributed by atoms with Crippen LogP contribution in [0.4, 0.5) is 0 Å². The fourth-order valence-electron chi connectivity index (χ4n) is 2.27. The van der Waals surface area contributed by atoms with Crippen LogP contribution in [0.15, 0.2) is 80.4 Å². The van der Waals surface area contributed by atoms with Crippen LogP contribution in [-0.2, 0) is 25.7 Å². The van der Waals surface area contributed by atoms with Crippen molar-refractivity contribution in [1.82, 2.24) is 0 Å². The number of benzene rings is 2. The number of hydrogen-bond donors (Lipinski definition) is 0. The van der Waals surface area contributed by atoms with Gasteiger partial charge in [0.1, 0.15) is 18.1 Å². The summed E-state index contributed by atoms with van der Waals surface area (Å²) in [4.78, 5) is 47.2. The summed E-state index contributed by atoms with van der Waals surface area (Å²) in [5.41, 5.74) is 0.941. The van der Waals surface area contributed by atoms with E-state index >= 15 is 0 Å². The molecule has 0 amide bonds. The zero-order chi connectivity index (χ0) is 22.1. The molecule has 0 heterocycles. The van der Waals surface area contributed by atoms with Gasteiger partial charge in [0.05, 0.1) is 5.56 Å². The lowest BCUT2D eigenvalue weighted by molar-refractivity contribution is -0.139. The summed E-state index contributed by atoms with van der Waals surface area (Å²) in [7, 11) is 0. The van der Waals surface area contributed by atoms with Gasteiger partial charge in [0.2, 0.25) is 0 Å². The van der Waals surface area contributed by atoms with Gasteiger partial charge in [0.15, 0.2) is 5.78 Å². The van der Waals surface area contributed by atoms with Crippen LogP contribution in [0.5, 0.6) is 11.5 Å². The van der Waals surface area contributed by atoms with Crippen molar-refractivity contribution in [2.45, 2.75) is 6.61 Å². The molecule has 0 saturated heterocycles. The molecule has 0 aromatic heterocycles. The number of carbonyl (C=O) groups is 4. The average Bonchev–Trinajstić information content (AvgIpc) is 2.77. The largest absolute Gasteiger partial charge is 0.458 e. The maximum absolute atomic E-state index is 13.0. The molecule has 0 aliphatic carbocycles. The van der Waals surface area contributed by atoms with Crippen molar-refractivity contribution in [2.24, 2.45) is 0 Å². The van der Waals surface area contributed by atoms with E-state index < -0.39 is 23.7 Å². The predicted molar refractivity (Wildman–Crippen MR) is 108 cm³/mol. The highest BCUT2D eigenvalue weighted by Gasteiger charge is 2.18. The normalized spacial score (nSPS) is 9.73. The molecule has 30 heavy (non-hydrogen) atoms. The van der Waals surface area contributed by atoms with Gasteiger partial charge in [-0.15, -0.1) is 0 Å². The van der Waals surface area contributed by atoms with Crippen LogP contribution in [-0.4, -0.2) is 23.7 Å². The molecule has 0 radical (unpaired) electrons. The minimum Gasteiger partial charge on any atom is -0.458 e. The topological polar surface area (TPSA) is 96.0 Å². The maximum Gasteiger partial charge on any atom is 0.335 e. The summed E-state index contributed by atoms with van der Waals surface area (Å²) in [6.07, 6.45) is 2.99. The maximum atomic E-state index is 13.0. The number of rotatable bonds is 9. The third-order valence-electron chi connectivity index (χ3n) is 3.72. The van der Waals surface area contributed by atoms with E-state index in [4.69, 9.17) is 14.2 Å². The number of hydrogen-bond acceptors (Lipinski definition) is 7. The number of carbonyl (C=O) groups excluding carboxylic acids is 4. The molecule has 0 atom stereocenters. The summed E-state index contributed by atoms with van der Waals surface area (Å²) in [6, 6.07) is 10.3. The third-order valence-corrected chi connectivity index (χ3v) is 3.72. The summed E-state index contributed by atoms with van der Waals surface area (Å²) in [6.45, 7) is 9.97. The minimum atomic E-state index is -0.751. The molecule has 2 aromatic rings. The van der Waals surface area contributed by atoms with Crippen molar-refractivity contribution < 1.29 is 33.4 Å². The third kappa shape index (κ3) is 5.87. The summed E-state index contributed by atoms with van der Waals surface area (Å²) in [5, 5.41) is 0. The van der Waals surface area contributed by atoms with Crippen molar-refractivity contribution in [3.8, 4) is 11.5 Å². The van der Waals surface area contributed by atoms with Gasteiger partial charge in [-0.2, -0.15) is 0 Å². The van der Waals surface area contributed by atoms with Crippen molar-refractivity contribution in [1.29, 1.82) is 0 Å². The minimum absolute atomic E-state index is 0.00500. The van der Waals surface area contributed by atoms with Crippen LogP contribution >= 0.6 is 0 Å². The Kier molecular flexibility index (Phi) is 7.59. The average molecular weight is 406 g/mol. The first-order valence-corrected chi connectivity index (χ1v) is 8.63. The standard InChI is InChI=1S/C23H18O7/c1-4-20(24)28-14-15-7-9-16(10-8-15)23(27)18-13-17(29-21(25)5-2)11-12-19(18)30-22(26)6-3/h4-13H,1-3,14H2. The number of ether oxygens (including phenoxy) is 3. The Morgan fingerprint density at radius 1 is 0.767 bits per heavy atom. The molecule has 7 heteroatoms. The zero-order valence-corrected chi connectivity index (χ0v) is 16.0. The first-order chi connectivity index (χ1) is 14.4. The van der Waals surface area contributed by atoms with E-state index in [0.717, 1.165) is 18.2 Å². The van der Waals surface area contributed by atoms with Crippen LogP contribution in [0, 0.1) is 0 Å². The monoisotopic (exact) mass is 406 g/mol. The van der Waals surface area contributed by atoms with Crippen molar-refractivity contribution in [2.75, 3.05) is 0 Å². The molecule has 0 fully saturated rings. The SMILES string of the molecule is C=CC(=O)OCc1ccc(C(=O)c2cc(OC(=O)C=C)ccc2OC(=O)C=C)cc1. The summed E-state index contributed by atoms with van der Waals surface area (Å²) >= 11 is 0. The van der Waals surface area contributed by atoms with E-state index in [1.807, 2.05) is 0 Å². The molecule has 2 aromatic carbocycles. The van der Waals surface area contributed by atoms with Crippen molar-refractivity contribution in [3.63, 3.8) is 0 Å². The molecule has 0 aliphatic rings. The Hall–Kier alpha value is -4.26. The van der Waals surface area contributed by atoms with Gasteiger partial charge in [0, 0.05) is 23.8 Å². The lowest BCUT2D eigenvalue weighted by atomic mass is 10.0. The molecular formula is C23H18O7. The fraction of sp³-hybridized carbons (Fsp3) is 0.0435. The van der Waals surface area contributed by atoms with Crippen LogP contribution in [0.25, 0.3) is 0 Å². The highest BCUT2D eigenvalue weighted by Crippen LogP contribution is 2.27. The van der Waals surface area contributed by atoms with Gasteiger partial charge in [-0.3, -0.25) is 4.79 Å². The summed E-state index contributed by atoms with van der Waals surface area (Å²) < 4.78 is 15.1. The van der Waals surface area contributed by atoms with Crippen LogP contribution in [0.1, 0.15) is 21.5 Å². The molecule has 0 bridgehead atoms. The van der Waals surface area contributed by atoms with E-state index in [1.54, 1.807) is 12.1 Å². The van der Waals surface area contributed by atoms with Gasteiger partial charge in [-0.05, 0) is 23.8 Å². The van der Waals surface area contributed by atoms with Crippen LogP contribution < -0.4 is 9.47 Å². The number of ketones is 1. The Balaban J connectivity index is 2.33. The molecule has 0 spiro atoms. The van der Waals surface area contributed by atoms with Gasteiger partial charge < -0.3 is 14.2 Å². The highest BCUT2D eigenvalue weighted by atomic mass is 16.5. The molecular weight excluding hydrogens is 388 g/mol.